The maximum Gasteiger partial charge on any atom is 0.244 e. The van der Waals surface area contributed by atoms with Crippen molar-refractivity contribution >= 4 is 10.0 Å². The molecule has 116 valence electrons. The number of halogens is 1. The van der Waals surface area contributed by atoms with Crippen molar-refractivity contribution in [3.05, 3.63) is 66.0 Å². The predicted molar refractivity (Wildman–Crippen MR) is 83.2 cm³/mol. The van der Waals surface area contributed by atoms with E-state index < -0.39 is 15.8 Å². The molecule has 0 radical (unpaired) electrons. The van der Waals surface area contributed by atoms with E-state index in [0.29, 0.717) is 5.92 Å². The molecule has 2 aromatic rings. The Morgan fingerprint density at radius 3 is 2.27 bits per heavy atom. The van der Waals surface area contributed by atoms with Crippen molar-refractivity contribution in [3.8, 4) is 0 Å². The first-order valence-electron chi connectivity index (χ1n) is 7.31. The molecule has 1 fully saturated rings. The van der Waals surface area contributed by atoms with Crippen molar-refractivity contribution in [1.29, 1.82) is 0 Å². The van der Waals surface area contributed by atoms with E-state index in [1.165, 1.54) is 18.2 Å². The Morgan fingerprint density at radius 1 is 1.09 bits per heavy atom. The molecule has 0 amide bonds. The molecule has 0 spiro atoms. The molecular formula is C17H18FNO2S. The fourth-order valence-corrected chi connectivity index (χ4v) is 4.13. The van der Waals surface area contributed by atoms with Gasteiger partial charge in [0.25, 0.3) is 0 Å². The first-order valence-corrected chi connectivity index (χ1v) is 8.79. The normalized spacial score (nSPS) is 22.3. The van der Waals surface area contributed by atoms with Crippen LogP contribution in [0.2, 0.25) is 0 Å². The third-order valence-electron chi connectivity index (χ3n) is 4.17. The first-order chi connectivity index (χ1) is 10.5. The van der Waals surface area contributed by atoms with Gasteiger partial charge in [-0.2, -0.15) is 0 Å². The van der Waals surface area contributed by atoms with Crippen molar-refractivity contribution in [1.82, 2.24) is 4.72 Å². The minimum absolute atomic E-state index is 0.254. The lowest BCUT2D eigenvalue weighted by molar-refractivity contribution is 0.506. The van der Waals surface area contributed by atoms with Gasteiger partial charge < -0.3 is 0 Å². The molecule has 3 atom stereocenters. The average molecular weight is 319 g/mol. The number of hydrogen-bond acceptors (Lipinski definition) is 2. The SMILES string of the molecule is CC1CC1C(NS(=O)(=O)c1ccccc1F)c1ccccc1. The van der Waals surface area contributed by atoms with Crippen LogP contribution in [0.1, 0.15) is 24.9 Å². The zero-order valence-corrected chi connectivity index (χ0v) is 13.1. The van der Waals surface area contributed by atoms with Crippen LogP contribution < -0.4 is 4.72 Å². The van der Waals surface area contributed by atoms with Crippen LogP contribution in [0.4, 0.5) is 4.39 Å². The van der Waals surface area contributed by atoms with Crippen molar-refractivity contribution in [2.75, 3.05) is 0 Å². The molecular weight excluding hydrogens is 301 g/mol. The van der Waals surface area contributed by atoms with Crippen LogP contribution >= 0.6 is 0 Å². The van der Waals surface area contributed by atoms with E-state index in [1.807, 2.05) is 30.3 Å². The second-order valence-corrected chi connectivity index (χ2v) is 7.50. The summed E-state index contributed by atoms with van der Waals surface area (Å²) in [4.78, 5) is -0.302. The summed E-state index contributed by atoms with van der Waals surface area (Å²) in [6.45, 7) is 2.10. The molecule has 5 heteroatoms. The monoisotopic (exact) mass is 319 g/mol. The molecule has 3 unspecified atom stereocenters. The molecule has 1 aliphatic rings. The molecule has 3 nitrogen and oxygen atoms in total. The molecule has 0 aromatic heterocycles. The maximum atomic E-state index is 13.8. The van der Waals surface area contributed by atoms with Gasteiger partial charge in [0.05, 0.1) is 6.04 Å². The van der Waals surface area contributed by atoms with Crippen molar-refractivity contribution in [3.63, 3.8) is 0 Å². The summed E-state index contributed by atoms with van der Waals surface area (Å²) in [6.07, 6.45) is 0.972. The van der Waals surface area contributed by atoms with Crippen LogP contribution in [-0.2, 0) is 10.0 Å². The van der Waals surface area contributed by atoms with Gasteiger partial charge in [0.1, 0.15) is 10.7 Å². The molecule has 1 saturated carbocycles. The van der Waals surface area contributed by atoms with E-state index in [4.69, 9.17) is 0 Å². The van der Waals surface area contributed by atoms with Crippen LogP contribution in [0, 0.1) is 17.7 Å². The molecule has 0 bridgehead atoms. The van der Waals surface area contributed by atoms with Crippen LogP contribution in [0.5, 0.6) is 0 Å². The van der Waals surface area contributed by atoms with Crippen molar-refractivity contribution < 1.29 is 12.8 Å². The molecule has 2 aromatic carbocycles. The summed E-state index contributed by atoms with van der Waals surface area (Å²) >= 11 is 0. The second-order valence-electron chi connectivity index (χ2n) is 5.82. The maximum absolute atomic E-state index is 13.8. The van der Waals surface area contributed by atoms with E-state index in [-0.39, 0.29) is 16.9 Å². The summed E-state index contributed by atoms with van der Waals surface area (Å²) in [5.74, 6) is -0.0110. The van der Waals surface area contributed by atoms with Crippen LogP contribution in [0.3, 0.4) is 0 Å². The Kier molecular flexibility index (Phi) is 4.02. The Balaban J connectivity index is 1.93. The van der Waals surface area contributed by atoms with E-state index in [2.05, 4.69) is 11.6 Å². The standard InChI is InChI=1S/C17H18FNO2S/c1-12-11-14(12)17(13-7-3-2-4-8-13)19-22(20,21)16-10-6-5-9-15(16)18/h2-10,12,14,17,19H,11H2,1H3. The number of nitrogens with one attached hydrogen (secondary N) is 1. The van der Waals surface area contributed by atoms with E-state index in [9.17, 15) is 12.8 Å². The average Bonchev–Trinajstić information content (AvgIpc) is 3.23. The topological polar surface area (TPSA) is 46.2 Å². The Labute approximate surface area is 130 Å². The minimum Gasteiger partial charge on any atom is -0.207 e. The van der Waals surface area contributed by atoms with E-state index >= 15 is 0 Å². The third kappa shape index (κ3) is 3.05. The van der Waals surface area contributed by atoms with Gasteiger partial charge in [-0.15, -0.1) is 0 Å². The van der Waals surface area contributed by atoms with Crippen LogP contribution in [0.15, 0.2) is 59.5 Å². The molecule has 0 saturated heterocycles. The highest BCUT2D eigenvalue weighted by Gasteiger charge is 2.42. The van der Waals surface area contributed by atoms with Gasteiger partial charge in [0.15, 0.2) is 0 Å². The zero-order chi connectivity index (χ0) is 15.7. The summed E-state index contributed by atoms with van der Waals surface area (Å²) in [6, 6.07) is 14.6. The van der Waals surface area contributed by atoms with Crippen LogP contribution in [0.25, 0.3) is 0 Å². The summed E-state index contributed by atoms with van der Waals surface area (Å²) in [7, 11) is -3.89. The van der Waals surface area contributed by atoms with Gasteiger partial charge in [-0.25, -0.2) is 17.5 Å². The van der Waals surface area contributed by atoms with Gasteiger partial charge in [0, 0.05) is 0 Å². The van der Waals surface area contributed by atoms with Gasteiger partial charge in [0.2, 0.25) is 10.0 Å². The fourth-order valence-electron chi connectivity index (χ4n) is 2.77. The molecule has 3 rings (SSSR count). The summed E-state index contributed by atoms with van der Waals surface area (Å²) in [5, 5.41) is 0. The smallest absolute Gasteiger partial charge is 0.207 e. The number of hydrogen-bond donors (Lipinski definition) is 1. The number of rotatable bonds is 5. The predicted octanol–water partition coefficient (Wildman–Crippen LogP) is 3.50. The first kappa shape index (κ1) is 15.2. The Bertz CT molecular complexity index is 761. The van der Waals surface area contributed by atoms with Crippen molar-refractivity contribution in [2.24, 2.45) is 11.8 Å². The lowest BCUT2D eigenvalue weighted by atomic mass is 10.0. The molecule has 1 aliphatic carbocycles. The molecule has 22 heavy (non-hydrogen) atoms. The quantitative estimate of drug-likeness (QED) is 0.917. The largest absolute Gasteiger partial charge is 0.244 e. The lowest BCUT2D eigenvalue weighted by Gasteiger charge is -2.19. The minimum atomic E-state index is -3.89. The van der Waals surface area contributed by atoms with Gasteiger partial charge in [-0.1, -0.05) is 49.4 Å². The van der Waals surface area contributed by atoms with Gasteiger partial charge >= 0.3 is 0 Å². The molecule has 0 aliphatic heterocycles. The number of benzene rings is 2. The fraction of sp³-hybridized carbons (Fsp3) is 0.294. The second kappa shape index (κ2) is 5.82. The highest BCUT2D eigenvalue weighted by molar-refractivity contribution is 7.89. The summed E-state index contributed by atoms with van der Waals surface area (Å²) in [5.41, 5.74) is 0.914. The third-order valence-corrected chi connectivity index (χ3v) is 5.64. The lowest BCUT2D eigenvalue weighted by Crippen LogP contribution is -2.31. The van der Waals surface area contributed by atoms with Gasteiger partial charge in [-0.3, -0.25) is 0 Å². The summed E-state index contributed by atoms with van der Waals surface area (Å²) < 4.78 is 41.6. The van der Waals surface area contributed by atoms with E-state index in [1.54, 1.807) is 0 Å². The number of sulfonamides is 1. The zero-order valence-electron chi connectivity index (χ0n) is 12.2. The molecule has 0 heterocycles. The van der Waals surface area contributed by atoms with Gasteiger partial charge in [-0.05, 0) is 36.0 Å². The highest BCUT2D eigenvalue weighted by atomic mass is 32.2. The molecule has 1 N–H and O–H groups in total. The highest BCUT2D eigenvalue weighted by Crippen LogP contribution is 2.47. The van der Waals surface area contributed by atoms with Crippen molar-refractivity contribution in [2.45, 2.75) is 24.3 Å². The Hall–Kier alpha value is -1.72. The van der Waals surface area contributed by atoms with E-state index in [0.717, 1.165) is 18.1 Å². The Morgan fingerprint density at radius 2 is 1.68 bits per heavy atom. The van der Waals surface area contributed by atoms with Crippen LogP contribution in [-0.4, -0.2) is 8.42 Å².